The van der Waals surface area contributed by atoms with Gasteiger partial charge in [0.2, 0.25) is 0 Å². The number of hydrogen-bond acceptors (Lipinski definition) is 3. The molecule has 0 aliphatic carbocycles. The molecule has 2 heterocycles. The summed E-state index contributed by atoms with van der Waals surface area (Å²) in [5, 5.41) is 7.05. The molecular weight excluding hydrogens is 504 g/mol. The SMILES string of the molecule is C=CCN1CCC(NC(=NCC2CCN(Cc3ccccc3F)CC2)NCC)CC1.I. The zero-order chi connectivity index (χ0) is 21.2. The van der Waals surface area contributed by atoms with Crippen molar-refractivity contribution in [2.75, 3.05) is 45.8 Å². The Labute approximate surface area is 204 Å². The Kier molecular flexibility index (Phi) is 11.8. The molecule has 2 saturated heterocycles. The third-order valence-electron chi connectivity index (χ3n) is 6.23. The largest absolute Gasteiger partial charge is 0.357 e. The van der Waals surface area contributed by atoms with Crippen LogP contribution < -0.4 is 10.6 Å². The van der Waals surface area contributed by atoms with Gasteiger partial charge in [0.25, 0.3) is 0 Å². The Bertz CT molecular complexity index is 682. The Morgan fingerprint density at radius 3 is 2.45 bits per heavy atom. The lowest BCUT2D eigenvalue weighted by Crippen LogP contribution is -2.48. The molecule has 0 bridgehead atoms. The zero-order valence-electron chi connectivity index (χ0n) is 18.9. The summed E-state index contributed by atoms with van der Waals surface area (Å²) in [6, 6.07) is 7.60. The van der Waals surface area contributed by atoms with Crippen molar-refractivity contribution in [2.24, 2.45) is 10.9 Å². The third-order valence-corrected chi connectivity index (χ3v) is 6.23. The molecule has 0 amide bonds. The van der Waals surface area contributed by atoms with Crippen LogP contribution in [0.1, 0.15) is 38.2 Å². The number of hydrogen-bond donors (Lipinski definition) is 2. The van der Waals surface area contributed by atoms with E-state index in [9.17, 15) is 4.39 Å². The maximum atomic E-state index is 13.9. The van der Waals surface area contributed by atoms with Gasteiger partial charge in [0.1, 0.15) is 5.82 Å². The first-order valence-corrected chi connectivity index (χ1v) is 11.5. The zero-order valence-corrected chi connectivity index (χ0v) is 21.2. The van der Waals surface area contributed by atoms with E-state index in [1.54, 1.807) is 12.1 Å². The summed E-state index contributed by atoms with van der Waals surface area (Å²) in [6.45, 7) is 13.6. The van der Waals surface area contributed by atoms with Crippen LogP contribution in [0.2, 0.25) is 0 Å². The molecule has 0 aromatic heterocycles. The number of benzene rings is 1. The Balaban J connectivity index is 0.00000341. The Morgan fingerprint density at radius 2 is 1.81 bits per heavy atom. The van der Waals surface area contributed by atoms with Gasteiger partial charge in [0.05, 0.1) is 0 Å². The van der Waals surface area contributed by atoms with Crippen molar-refractivity contribution < 1.29 is 4.39 Å². The second-order valence-corrected chi connectivity index (χ2v) is 8.54. The van der Waals surface area contributed by atoms with E-state index in [4.69, 9.17) is 4.99 Å². The lowest BCUT2D eigenvalue weighted by molar-refractivity contribution is 0.178. The van der Waals surface area contributed by atoms with E-state index in [1.807, 2.05) is 18.2 Å². The molecule has 1 aromatic rings. The summed E-state index contributed by atoms with van der Waals surface area (Å²) in [5.41, 5.74) is 0.798. The topological polar surface area (TPSA) is 42.9 Å². The number of piperidine rings is 2. The highest BCUT2D eigenvalue weighted by Crippen LogP contribution is 2.20. The van der Waals surface area contributed by atoms with Gasteiger partial charge >= 0.3 is 0 Å². The maximum Gasteiger partial charge on any atom is 0.191 e. The average Bonchev–Trinajstić information content (AvgIpc) is 2.76. The molecule has 3 rings (SSSR count). The smallest absolute Gasteiger partial charge is 0.191 e. The van der Waals surface area contributed by atoms with Gasteiger partial charge in [0.15, 0.2) is 5.96 Å². The van der Waals surface area contributed by atoms with Crippen LogP contribution in [0.5, 0.6) is 0 Å². The molecule has 1 aromatic carbocycles. The molecule has 0 saturated carbocycles. The number of guanidine groups is 1. The van der Waals surface area contributed by atoms with E-state index in [0.717, 1.165) is 83.0 Å². The average molecular weight is 544 g/mol. The van der Waals surface area contributed by atoms with Crippen LogP contribution in [0.25, 0.3) is 0 Å². The van der Waals surface area contributed by atoms with Gasteiger partial charge in [-0.25, -0.2) is 4.39 Å². The van der Waals surface area contributed by atoms with Gasteiger partial charge in [-0.3, -0.25) is 14.8 Å². The molecule has 174 valence electrons. The summed E-state index contributed by atoms with van der Waals surface area (Å²) < 4.78 is 13.9. The Hall–Kier alpha value is -1.19. The molecule has 2 fully saturated rings. The normalized spacial score (nSPS) is 19.6. The fourth-order valence-corrected chi connectivity index (χ4v) is 4.37. The predicted octanol–water partition coefficient (Wildman–Crippen LogP) is 3.86. The number of rotatable bonds is 8. The molecule has 0 atom stereocenters. The van der Waals surface area contributed by atoms with Crippen LogP contribution >= 0.6 is 24.0 Å². The van der Waals surface area contributed by atoms with Crippen LogP contribution in [0.15, 0.2) is 41.9 Å². The second-order valence-electron chi connectivity index (χ2n) is 8.54. The van der Waals surface area contributed by atoms with E-state index < -0.39 is 0 Å². The second kappa shape index (κ2) is 14.1. The molecule has 7 heteroatoms. The minimum Gasteiger partial charge on any atom is -0.357 e. The van der Waals surface area contributed by atoms with Gasteiger partial charge in [-0.2, -0.15) is 0 Å². The van der Waals surface area contributed by atoms with E-state index in [1.165, 1.54) is 0 Å². The van der Waals surface area contributed by atoms with Crippen molar-refractivity contribution >= 4 is 29.9 Å². The highest BCUT2D eigenvalue weighted by molar-refractivity contribution is 14.0. The Morgan fingerprint density at radius 1 is 1.13 bits per heavy atom. The van der Waals surface area contributed by atoms with E-state index in [-0.39, 0.29) is 29.8 Å². The van der Waals surface area contributed by atoms with Gasteiger partial charge < -0.3 is 10.6 Å². The van der Waals surface area contributed by atoms with Crippen LogP contribution in [0.3, 0.4) is 0 Å². The van der Waals surface area contributed by atoms with Gasteiger partial charge in [-0.1, -0.05) is 24.3 Å². The third kappa shape index (κ3) is 8.69. The van der Waals surface area contributed by atoms with Crippen LogP contribution in [0.4, 0.5) is 4.39 Å². The predicted molar refractivity (Wildman–Crippen MR) is 139 cm³/mol. The van der Waals surface area contributed by atoms with Crippen LogP contribution in [0, 0.1) is 11.7 Å². The lowest BCUT2D eigenvalue weighted by Gasteiger charge is -2.33. The molecule has 5 nitrogen and oxygen atoms in total. The van der Waals surface area contributed by atoms with Crippen LogP contribution in [-0.2, 0) is 6.54 Å². The number of aliphatic imine (C=N–C) groups is 1. The van der Waals surface area contributed by atoms with Crippen LogP contribution in [-0.4, -0.2) is 67.6 Å². The summed E-state index contributed by atoms with van der Waals surface area (Å²) in [6.07, 6.45) is 6.52. The fraction of sp³-hybridized carbons (Fsp3) is 0.625. The van der Waals surface area contributed by atoms with E-state index >= 15 is 0 Å². The first-order valence-electron chi connectivity index (χ1n) is 11.5. The van der Waals surface area contributed by atoms with E-state index in [2.05, 4.69) is 33.9 Å². The molecule has 0 radical (unpaired) electrons. The quantitative estimate of drug-likeness (QED) is 0.226. The monoisotopic (exact) mass is 543 g/mol. The highest BCUT2D eigenvalue weighted by Gasteiger charge is 2.21. The minimum absolute atomic E-state index is 0. The maximum absolute atomic E-state index is 13.9. The fourth-order valence-electron chi connectivity index (χ4n) is 4.37. The van der Waals surface area contributed by atoms with Gasteiger partial charge in [0, 0.05) is 50.9 Å². The number of nitrogens with zero attached hydrogens (tertiary/aromatic N) is 3. The van der Waals surface area contributed by atoms with Crippen molar-refractivity contribution in [1.82, 2.24) is 20.4 Å². The van der Waals surface area contributed by atoms with Crippen molar-refractivity contribution in [3.05, 3.63) is 48.3 Å². The molecule has 2 aliphatic heterocycles. The molecule has 2 aliphatic rings. The number of likely N-dealkylation sites (tertiary alicyclic amines) is 2. The highest BCUT2D eigenvalue weighted by atomic mass is 127. The first kappa shape index (κ1) is 26.1. The summed E-state index contributed by atoms with van der Waals surface area (Å²) >= 11 is 0. The molecule has 0 unspecified atom stereocenters. The molecule has 31 heavy (non-hydrogen) atoms. The molecule has 2 N–H and O–H groups in total. The van der Waals surface area contributed by atoms with Crippen molar-refractivity contribution in [3.8, 4) is 0 Å². The van der Waals surface area contributed by atoms with Crippen molar-refractivity contribution in [3.63, 3.8) is 0 Å². The number of halogens is 2. The summed E-state index contributed by atoms with van der Waals surface area (Å²) in [5.74, 6) is 1.46. The standard InChI is InChI=1S/C24H38FN5.HI/c1-3-13-29-16-11-22(12-17-29)28-24(26-4-2)27-18-20-9-14-30(15-10-20)19-21-7-5-6-8-23(21)25;/h3,5-8,20,22H,1,4,9-19H2,2H3,(H2,26,27,28);1H. The molecule has 0 spiro atoms. The lowest BCUT2D eigenvalue weighted by atomic mass is 9.96. The first-order chi connectivity index (χ1) is 14.7. The van der Waals surface area contributed by atoms with Crippen molar-refractivity contribution in [2.45, 2.75) is 45.2 Å². The van der Waals surface area contributed by atoms with Gasteiger partial charge in [-0.15, -0.1) is 30.6 Å². The van der Waals surface area contributed by atoms with Gasteiger partial charge in [-0.05, 0) is 57.7 Å². The minimum atomic E-state index is -0.0964. The summed E-state index contributed by atoms with van der Waals surface area (Å²) in [7, 11) is 0. The van der Waals surface area contributed by atoms with Crippen molar-refractivity contribution in [1.29, 1.82) is 0 Å². The number of nitrogens with one attached hydrogen (secondary N) is 2. The van der Waals surface area contributed by atoms with E-state index in [0.29, 0.717) is 18.5 Å². The molecular formula is C24H39FIN5. The summed E-state index contributed by atoms with van der Waals surface area (Å²) in [4.78, 5) is 9.70.